The summed E-state index contributed by atoms with van der Waals surface area (Å²) in [5.74, 6) is 0. The van der Waals surface area contributed by atoms with Gasteiger partial charge < -0.3 is 4.74 Å². The van der Waals surface area contributed by atoms with E-state index >= 15 is 0 Å². The largest absolute Gasteiger partial charge is 0.375 e. The minimum absolute atomic E-state index is 0.128. The summed E-state index contributed by atoms with van der Waals surface area (Å²) in [5, 5.41) is 0. The van der Waals surface area contributed by atoms with E-state index in [9.17, 15) is 0 Å². The SMILES string of the molecule is C=C(Br)CN1C[C@@H](C)OCC1(C)C. The zero-order valence-corrected chi connectivity index (χ0v) is 10.2. The Kier molecular flexibility index (Phi) is 3.55. The van der Waals surface area contributed by atoms with Crippen molar-refractivity contribution in [3.63, 3.8) is 0 Å². The molecule has 1 atom stereocenters. The second-order valence-corrected chi connectivity index (χ2v) is 5.45. The lowest BCUT2D eigenvalue weighted by Gasteiger charge is -2.44. The zero-order valence-electron chi connectivity index (χ0n) is 8.64. The molecule has 1 rings (SSSR count). The van der Waals surface area contributed by atoms with Gasteiger partial charge in [-0.05, 0) is 20.8 Å². The molecule has 0 aromatic rings. The summed E-state index contributed by atoms with van der Waals surface area (Å²) in [6, 6.07) is 0. The first kappa shape index (κ1) is 11.2. The smallest absolute Gasteiger partial charge is 0.0675 e. The molecule has 0 bridgehead atoms. The molecule has 3 heteroatoms. The average Bonchev–Trinajstić information content (AvgIpc) is 1.97. The van der Waals surface area contributed by atoms with Crippen LogP contribution in [0.25, 0.3) is 0 Å². The van der Waals surface area contributed by atoms with Crippen molar-refractivity contribution < 1.29 is 4.74 Å². The molecule has 1 saturated heterocycles. The molecule has 0 aromatic carbocycles. The molecule has 1 aliphatic heterocycles. The molecule has 0 amide bonds. The van der Waals surface area contributed by atoms with Crippen molar-refractivity contribution in [3.05, 3.63) is 11.1 Å². The third-order valence-electron chi connectivity index (χ3n) is 2.42. The molecule has 1 aliphatic rings. The van der Waals surface area contributed by atoms with Gasteiger partial charge in [0.2, 0.25) is 0 Å². The van der Waals surface area contributed by atoms with E-state index in [0.717, 1.165) is 24.2 Å². The number of halogens is 1. The van der Waals surface area contributed by atoms with E-state index in [1.54, 1.807) is 0 Å². The minimum atomic E-state index is 0.128. The summed E-state index contributed by atoms with van der Waals surface area (Å²) in [7, 11) is 0. The fourth-order valence-electron chi connectivity index (χ4n) is 1.53. The summed E-state index contributed by atoms with van der Waals surface area (Å²) in [6.45, 7) is 13.1. The Labute approximate surface area is 89.1 Å². The highest BCUT2D eigenvalue weighted by atomic mass is 79.9. The van der Waals surface area contributed by atoms with E-state index in [4.69, 9.17) is 4.74 Å². The highest BCUT2D eigenvalue weighted by Crippen LogP contribution is 2.23. The molecule has 0 aliphatic carbocycles. The lowest BCUT2D eigenvalue weighted by Crippen LogP contribution is -2.55. The van der Waals surface area contributed by atoms with Crippen molar-refractivity contribution >= 4 is 15.9 Å². The molecule has 0 aromatic heterocycles. The number of hydrogen-bond acceptors (Lipinski definition) is 2. The van der Waals surface area contributed by atoms with Gasteiger partial charge in [-0.2, -0.15) is 0 Å². The Bertz CT molecular complexity index is 203. The average molecular weight is 248 g/mol. The molecule has 1 fully saturated rings. The van der Waals surface area contributed by atoms with Crippen molar-refractivity contribution in [2.75, 3.05) is 19.7 Å². The van der Waals surface area contributed by atoms with Crippen LogP contribution in [0.4, 0.5) is 0 Å². The summed E-state index contributed by atoms with van der Waals surface area (Å²) >= 11 is 3.40. The van der Waals surface area contributed by atoms with Crippen LogP contribution in [0.5, 0.6) is 0 Å². The highest BCUT2D eigenvalue weighted by molar-refractivity contribution is 9.11. The molecule has 0 unspecified atom stereocenters. The Hall–Kier alpha value is 0.140. The van der Waals surface area contributed by atoms with E-state index in [0.29, 0.717) is 6.10 Å². The lowest BCUT2D eigenvalue weighted by molar-refractivity contribution is -0.0866. The molecular formula is C10H18BrNO. The van der Waals surface area contributed by atoms with Gasteiger partial charge >= 0.3 is 0 Å². The van der Waals surface area contributed by atoms with E-state index in [2.05, 4.69) is 48.2 Å². The van der Waals surface area contributed by atoms with Gasteiger partial charge in [0, 0.05) is 23.1 Å². The molecule has 0 saturated carbocycles. The molecule has 0 radical (unpaired) electrons. The molecule has 13 heavy (non-hydrogen) atoms. The first-order valence-corrected chi connectivity index (χ1v) is 5.41. The first-order valence-electron chi connectivity index (χ1n) is 4.62. The number of morpholine rings is 1. The maximum atomic E-state index is 5.62. The van der Waals surface area contributed by atoms with Crippen LogP contribution in [0.15, 0.2) is 11.1 Å². The summed E-state index contributed by atoms with van der Waals surface area (Å²) < 4.78 is 6.65. The number of nitrogens with zero attached hydrogens (tertiary/aromatic N) is 1. The minimum Gasteiger partial charge on any atom is -0.375 e. The molecule has 76 valence electrons. The van der Waals surface area contributed by atoms with E-state index in [1.165, 1.54) is 0 Å². The van der Waals surface area contributed by atoms with Crippen molar-refractivity contribution in [2.45, 2.75) is 32.4 Å². The van der Waals surface area contributed by atoms with Gasteiger partial charge in [0.05, 0.1) is 12.7 Å². The van der Waals surface area contributed by atoms with Gasteiger partial charge in [0.15, 0.2) is 0 Å². The van der Waals surface area contributed by atoms with Gasteiger partial charge in [-0.25, -0.2) is 0 Å². The maximum Gasteiger partial charge on any atom is 0.0675 e. The molecule has 2 nitrogen and oxygen atoms in total. The normalized spacial score (nSPS) is 28.8. The van der Waals surface area contributed by atoms with Crippen molar-refractivity contribution in [3.8, 4) is 0 Å². The van der Waals surface area contributed by atoms with Gasteiger partial charge in [0.1, 0.15) is 0 Å². The van der Waals surface area contributed by atoms with Crippen LogP contribution in [0.3, 0.4) is 0 Å². The third kappa shape index (κ3) is 3.08. The van der Waals surface area contributed by atoms with Gasteiger partial charge in [-0.3, -0.25) is 4.90 Å². The van der Waals surface area contributed by atoms with E-state index in [1.807, 2.05) is 0 Å². The zero-order chi connectivity index (χ0) is 10.1. The number of ether oxygens (including phenoxy) is 1. The summed E-state index contributed by atoms with van der Waals surface area (Å²) in [5.41, 5.74) is 0.128. The number of hydrogen-bond donors (Lipinski definition) is 0. The third-order valence-corrected chi connectivity index (χ3v) is 2.67. The molecule has 1 heterocycles. The molecular weight excluding hydrogens is 230 g/mol. The van der Waals surface area contributed by atoms with E-state index in [-0.39, 0.29) is 5.54 Å². The highest BCUT2D eigenvalue weighted by Gasteiger charge is 2.33. The standard InChI is InChI=1S/C10H18BrNO/c1-8(11)5-12-6-9(2)13-7-10(12,3)4/h9H,1,5-7H2,2-4H3/t9-/m1/s1. The Morgan fingerprint density at radius 2 is 2.31 bits per heavy atom. The van der Waals surface area contributed by atoms with Gasteiger partial charge in [-0.1, -0.05) is 22.5 Å². The van der Waals surface area contributed by atoms with Crippen molar-refractivity contribution in [1.29, 1.82) is 0 Å². The van der Waals surface area contributed by atoms with Crippen LogP contribution in [-0.2, 0) is 4.74 Å². The van der Waals surface area contributed by atoms with Gasteiger partial charge in [0.25, 0.3) is 0 Å². The fraction of sp³-hybridized carbons (Fsp3) is 0.800. The van der Waals surface area contributed by atoms with Crippen molar-refractivity contribution in [2.24, 2.45) is 0 Å². The van der Waals surface area contributed by atoms with Crippen molar-refractivity contribution in [1.82, 2.24) is 4.90 Å². The first-order chi connectivity index (χ1) is 5.92. The maximum absolute atomic E-state index is 5.62. The lowest BCUT2D eigenvalue weighted by atomic mass is 10.0. The van der Waals surface area contributed by atoms with Crippen LogP contribution < -0.4 is 0 Å². The summed E-state index contributed by atoms with van der Waals surface area (Å²) in [4.78, 5) is 2.40. The van der Waals surface area contributed by atoms with Crippen LogP contribution in [0, 0.1) is 0 Å². The van der Waals surface area contributed by atoms with Crippen LogP contribution in [0.2, 0.25) is 0 Å². The predicted molar refractivity (Wildman–Crippen MR) is 59.1 cm³/mol. The molecule has 0 N–H and O–H groups in total. The quantitative estimate of drug-likeness (QED) is 0.744. The summed E-state index contributed by atoms with van der Waals surface area (Å²) in [6.07, 6.45) is 0.333. The second kappa shape index (κ2) is 4.11. The van der Waals surface area contributed by atoms with Gasteiger partial charge in [-0.15, -0.1) is 0 Å². The topological polar surface area (TPSA) is 12.5 Å². The monoisotopic (exact) mass is 247 g/mol. The Morgan fingerprint density at radius 3 is 2.85 bits per heavy atom. The second-order valence-electron chi connectivity index (χ2n) is 4.33. The van der Waals surface area contributed by atoms with Crippen LogP contribution in [-0.4, -0.2) is 36.2 Å². The predicted octanol–water partition coefficient (Wildman–Crippen LogP) is 2.39. The number of rotatable bonds is 2. The Balaban J connectivity index is 2.61. The van der Waals surface area contributed by atoms with Crippen LogP contribution >= 0.6 is 15.9 Å². The fourth-order valence-corrected chi connectivity index (χ4v) is 1.84. The molecule has 0 spiro atoms. The van der Waals surface area contributed by atoms with E-state index < -0.39 is 0 Å². The Morgan fingerprint density at radius 1 is 1.69 bits per heavy atom. The van der Waals surface area contributed by atoms with Crippen LogP contribution in [0.1, 0.15) is 20.8 Å².